The minimum absolute atomic E-state index is 0.0425. The van der Waals surface area contributed by atoms with Gasteiger partial charge in [-0.2, -0.15) is 0 Å². The molecule has 0 bridgehead atoms. The van der Waals surface area contributed by atoms with E-state index >= 15 is 0 Å². The molecule has 0 fully saturated rings. The number of halogens is 1. The fraction of sp³-hybridized carbons (Fsp3) is 0.143. The van der Waals surface area contributed by atoms with Crippen molar-refractivity contribution in [3.63, 3.8) is 0 Å². The van der Waals surface area contributed by atoms with Crippen LogP contribution in [0.25, 0.3) is 0 Å². The molecule has 0 saturated carbocycles. The molecule has 2 heterocycles. The van der Waals surface area contributed by atoms with Crippen molar-refractivity contribution >= 4 is 23.2 Å². The highest BCUT2D eigenvalue weighted by atomic mass is 35.5. The van der Waals surface area contributed by atoms with Crippen LogP contribution in [-0.4, -0.2) is 22.9 Å². The second-order valence-electron chi connectivity index (χ2n) is 6.25. The Morgan fingerprint density at radius 1 is 1.15 bits per heavy atom. The van der Waals surface area contributed by atoms with Gasteiger partial charge in [0.1, 0.15) is 11.9 Å². The van der Waals surface area contributed by atoms with Crippen LogP contribution in [0.15, 0.2) is 66.9 Å². The molecule has 0 saturated heterocycles. The predicted octanol–water partition coefficient (Wildman–Crippen LogP) is 4.51. The average Bonchev–Trinajstić information content (AvgIpc) is 2.95. The third-order valence-corrected chi connectivity index (χ3v) is 4.85. The molecule has 2 aromatic carbocycles. The van der Waals surface area contributed by atoms with Crippen LogP contribution in [0.5, 0.6) is 5.75 Å². The van der Waals surface area contributed by atoms with E-state index in [0.717, 1.165) is 11.3 Å². The molecule has 1 atom stereocenters. The van der Waals surface area contributed by atoms with Gasteiger partial charge in [0.2, 0.25) is 0 Å². The highest BCUT2D eigenvalue weighted by molar-refractivity contribution is 6.32. The van der Waals surface area contributed by atoms with Gasteiger partial charge in [-0.1, -0.05) is 41.9 Å². The second kappa shape index (κ2) is 7.29. The highest BCUT2D eigenvalue weighted by Gasteiger charge is 2.37. The number of rotatable bonds is 5. The molecule has 1 aromatic heterocycles. The molecular formula is C21H18ClN3O2. The Balaban J connectivity index is 1.68. The maximum absolute atomic E-state index is 13.0. The van der Waals surface area contributed by atoms with Gasteiger partial charge < -0.3 is 15.0 Å². The van der Waals surface area contributed by atoms with Crippen LogP contribution in [0, 0.1) is 0 Å². The van der Waals surface area contributed by atoms with E-state index in [4.69, 9.17) is 16.3 Å². The van der Waals surface area contributed by atoms with Crippen molar-refractivity contribution in [3.8, 4) is 5.75 Å². The fourth-order valence-electron chi connectivity index (χ4n) is 3.24. The largest absolute Gasteiger partial charge is 0.495 e. The number of hydrogen-bond acceptors (Lipinski definition) is 4. The first-order chi connectivity index (χ1) is 13.2. The molecule has 1 aliphatic rings. The van der Waals surface area contributed by atoms with Gasteiger partial charge in [-0.15, -0.1) is 0 Å². The molecule has 0 spiro atoms. The van der Waals surface area contributed by atoms with Crippen molar-refractivity contribution < 1.29 is 9.53 Å². The van der Waals surface area contributed by atoms with Crippen molar-refractivity contribution in [2.24, 2.45) is 0 Å². The van der Waals surface area contributed by atoms with Gasteiger partial charge in [0.05, 0.1) is 23.4 Å². The Bertz CT molecular complexity index is 978. The van der Waals surface area contributed by atoms with Crippen LogP contribution in [-0.2, 0) is 6.54 Å². The summed E-state index contributed by atoms with van der Waals surface area (Å²) in [6, 6.07) is 18.9. The van der Waals surface area contributed by atoms with E-state index in [1.165, 1.54) is 0 Å². The molecule has 6 heteroatoms. The number of carbonyl (C=O) groups excluding carboxylic acids is 1. The van der Waals surface area contributed by atoms with E-state index in [1.807, 2.05) is 42.5 Å². The van der Waals surface area contributed by atoms with Crippen molar-refractivity contribution in [1.82, 2.24) is 9.88 Å². The van der Waals surface area contributed by atoms with Crippen LogP contribution in [0.4, 0.5) is 5.69 Å². The fourth-order valence-corrected chi connectivity index (χ4v) is 3.50. The zero-order valence-corrected chi connectivity index (χ0v) is 15.5. The SMILES string of the molecule is COc1ccc(N[C@H]2c3ncccc3C(=O)N2Cc2ccccc2)cc1Cl. The summed E-state index contributed by atoms with van der Waals surface area (Å²) >= 11 is 6.25. The Morgan fingerprint density at radius 2 is 1.96 bits per heavy atom. The van der Waals surface area contributed by atoms with E-state index < -0.39 is 0 Å². The molecule has 0 radical (unpaired) electrons. The van der Waals surface area contributed by atoms with Gasteiger partial charge in [-0.25, -0.2) is 0 Å². The van der Waals surface area contributed by atoms with E-state index in [0.29, 0.717) is 28.6 Å². The second-order valence-corrected chi connectivity index (χ2v) is 6.66. The number of ether oxygens (including phenoxy) is 1. The van der Waals surface area contributed by atoms with E-state index in [-0.39, 0.29) is 12.1 Å². The monoisotopic (exact) mass is 379 g/mol. The molecule has 1 amide bonds. The summed E-state index contributed by atoms with van der Waals surface area (Å²) in [7, 11) is 1.58. The summed E-state index contributed by atoms with van der Waals surface area (Å²) < 4.78 is 5.21. The lowest BCUT2D eigenvalue weighted by atomic mass is 10.2. The highest BCUT2D eigenvalue weighted by Crippen LogP contribution is 2.35. The molecule has 3 aromatic rings. The number of benzene rings is 2. The summed E-state index contributed by atoms with van der Waals surface area (Å²) in [5.74, 6) is 0.559. The summed E-state index contributed by atoms with van der Waals surface area (Å²) in [6.07, 6.45) is 1.33. The Labute approximate surface area is 162 Å². The molecule has 27 heavy (non-hydrogen) atoms. The first kappa shape index (κ1) is 17.4. The third-order valence-electron chi connectivity index (χ3n) is 4.55. The zero-order valence-electron chi connectivity index (χ0n) is 14.7. The lowest BCUT2D eigenvalue weighted by Crippen LogP contribution is -2.32. The Kier molecular flexibility index (Phi) is 4.69. The van der Waals surface area contributed by atoms with Gasteiger partial charge >= 0.3 is 0 Å². The van der Waals surface area contributed by atoms with Crippen molar-refractivity contribution in [3.05, 3.63) is 88.7 Å². The van der Waals surface area contributed by atoms with Crippen molar-refractivity contribution in [2.45, 2.75) is 12.7 Å². The predicted molar refractivity (Wildman–Crippen MR) is 105 cm³/mol. The van der Waals surface area contributed by atoms with E-state index in [1.54, 1.807) is 36.4 Å². The lowest BCUT2D eigenvalue weighted by molar-refractivity contribution is 0.0728. The minimum Gasteiger partial charge on any atom is -0.495 e. The maximum Gasteiger partial charge on any atom is 0.258 e. The standard InChI is InChI=1S/C21H18ClN3O2/c1-27-18-10-9-15(12-17(18)22)24-20-19-16(8-5-11-23-19)21(26)25(20)13-14-6-3-2-4-7-14/h2-12,20,24H,13H2,1H3/t20-/m1/s1. The number of aromatic nitrogens is 1. The van der Waals surface area contributed by atoms with Gasteiger partial charge in [0.15, 0.2) is 0 Å². The number of hydrogen-bond donors (Lipinski definition) is 1. The Morgan fingerprint density at radius 3 is 2.70 bits per heavy atom. The molecular weight excluding hydrogens is 362 g/mol. The van der Waals surface area contributed by atoms with Gasteiger partial charge in [0.25, 0.3) is 5.91 Å². The summed E-state index contributed by atoms with van der Waals surface area (Å²) in [4.78, 5) is 19.2. The number of nitrogens with one attached hydrogen (secondary N) is 1. The lowest BCUT2D eigenvalue weighted by Gasteiger charge is -2.26. The van der Waals surface area contributed by atoms with Crippen LogP contribution in [0.2, 0.25) is 5.02 Å². The zero-order chi connectivity index (χ0) is 18.8. The number of carbonyl (C=O) groups is 1. The molecule has 0 unspecified atom stereocenters. The van der Waals surface area contributed by atoms with Crippen LogP contribution in [0.3, 0.4) is 0 Å². The van der Waals surface area contributed by atoms with Crippen molar-refractivity contribution in [2.75, 3.05) is 12.4 Å². The smallest absolute Gasteiger partial charge is 0.258 e. The molecule has 4 rings (SSSR count). The molecule has 5 nitrogen and oxygen atoms in total. The van der Waals surface area contributed by atoms with Crippen LogP contribution < -0.4 is 10.1 Å². The van der Waals surface area contributed by atoms with Crippen LogP contribution in [0.1, 0.15) is 27.8 Å². The number of methoxy groups -OCH3 is 1. The van der Waals surface area contributed by atoms with Crippen LogP contribution >= 0.6 is 11.6 Å². The Hall–Kier alpha value is -3.05. The van der Waals surface area contributed by atoms with Gasteiger partial charge in [-0.3, -0.25) is 9.78 Å². The van der Waals surface area contributed by atoms with E-state index in [9.17, 15) is 4.79 Å². The summed E-state index contributed by atoms with van der Waals surface area (Å²) in [6.45, 7) is 0.484. The van der Waals surface area contributed by atoms with E-state index in [2.05, 4.69) is 10.3 Å². The van der Waals surface area contributed by atoms with Crippen molar-refractivity contribution in [1.29, 1.82) is 0 Å². The first-order valence-electron chi connectivity index (χ1n) is 8.57. The first-order valence-corrected chi connectivity index (χ1v) is 8.95. The topological polar surface area (TPSA) is 54.5 Å². The summed E-state index contributed by atoms with van der Waals surface area (Å²) in [5.41, 5.74) is 3.17. The number of fused-ring (bicyclic) bond motifs is 1. The average molecular weight is 380 g/mol. The molecule has 1 aliphatic heterocycles. The quantitative estimate of drug-likeness (QED) is 0.708. The normalized spacial score (nSPS) is 15.6. The third kappa shape index (κ3) is 3.34. The molecule has 136 valence electrons. The van der Waals surface area contributed by atoms with Gasteiger partial charge in [-0.05, 0) is 35.9 Å². The number of pyridine rings is 1. The maximum atomic E-state index is 13.0. The number of amides is 1. The number of anilines is 1. The number of nitrogens with zero attached hydrogens (tertiary/aromatic N) is 2. The van der Waals surface area contributed by atoms with Gasteiger partial charge in [0, 0.05) is 18.4 Å². The minimum atomic E-state index is -0.377. The molecule has 1 N–H and O–H groups in total. The summed E-state index contributed by atoms with van der Waals surface area (Å²) in [5, 5.41) is 3.90. The molecule has 0 aliphatic carbocycles.